The number of carboxylic acids is 1. The Labute approximate surface area is 138 Å². The van der Waals surface area contributed by atoms with Gasteiger partial charge in [-0.1, -0.05) is 54.1 Å². The standard InChI is InChI=1S/C17H16ClNO4/c18-13-8-4-5-9-14(13)23-11-10-15(20)19-16(17(21)22)12-6-2-1-3-7-12/h1-9,16H,10-11H2,(H,19,20)(H,21,22). The predicted molar refractivity (Wildman–Crippen MR) is 86.5 cm³/mol. The molecule has 2 aromatic carbocycles. The third-order valence-electron chi connectivity index (χ3n) is 3.11. The van der Waals surface area contributed by atoms with Gasteiger partial charge >= 0.3 is 5.97 Å². The van der Waals surface area contributed by atoms with Gasteiger partial charge in [-0.05, 0) is 17.7 Å². The minimum atomic E-state index is -1.11. The van der Waals surface area contributed by atoms with Crippen LogP contribution in [-0.2, 0) is 9.59 Å². The Morgan fingerprint density at radius 3 is 2.39 bits per heavy atom. The molecule has 2 rings (SSSR count). The second-order valence-corrected chi connectivity index (χ2v) is 5.19. The Bertz CT molecular complexity index is 675. The molecule has 2 N–H and O–H groups in total. The minimum absolute atomic E-state index is 0.0296. The van der Waals surface area contributed by atoms with E-state index in [4.69, 9.17) is 16.3 Å². The van der Waals surface area contributed by atoms with E-state index in [2.05, 4.69) is 5.32 Å². The number of halogens is 1. The number of nitrogens with one attached hydrogen (secondary N) is 1. The maximum Gasteiger partial charge on any atom is 0.330 e. The summed E-state index contributed by atoms with van der Waals surface area (Å²) in [5, 5.41) is 12.2. The molecule has 0 saturated carbocycles. The normalized spacial score (nSPS) is 11.5. The van der Waals surface area contributed by atoms with Gasteiger partial charge in [0.15, 0.2) is 6.04 Å². The van der Waals surface area contributed by atoms with Crippen LogP contribution in [0.15, 0.2) is 54.6 Å². The molecule has 0 spiro atoms. The third-order valence-corrected chi connectivity index (χ3v) is 3.42. The topological polar surface area (TPSA) is 75.6 Å². The Hall–Kier alpha value is -2.53. The number of carbonyl (C=O) groups is 2. The maximum atomic E-state index is 11.9. The SMILES string of the molecule is O=C(CCOc1ccccc1Cl)NC(C(=O)O)c1ccccc1. The number of carbonyl (C=O) groups excluding carboxylic acids is 1. The first-order valence-corrected chi connectivity index (χ1v) is 7.40. The number of ether oxygens (including phenoxy) is 1. The van der Waals surface area contributed by atoms with Gasteiger partial charge in [0.05, 0.1) is 18.1 Å². The van der Waals surface area contributed by atoms with Gasteiger partial charge in [0, 0.05) is 0 Å². The average Bonchev–Trinajstić information content (AvgIpc) is 2.55. The quantitative estimate of drug-likeness (QED) is 0.816. The summed E-state index contributed by atoms with van der Waals surface area (Å²) in [7, 11) is 0. The van der Waals surface area contributed by atoms with Gasteiger partial charge in [-0.15, -0.1) is 0 Å². The molecule has 2 aromatic rings. The molecule has 0 aliphatic heterocycles. The molecular formula is C17H16ClNO4. The summed E-state index contributed by atoms with van der Waals surface area (Å²) in [5.41, 5.74) is 0.514. The number of aliphatic carboxylic acids is 1. The van der Waals surface area contributed by atoms with E-state index in [0.717, 1.165) is 0 Å². The summed E-state index contributed by atoms with van der Waals surface area (Å²) in [6.07, 6.45) is 0.0296. The average molecular weight is 334 g/mol. The van der Waals surface area contributed by atoms with Gasteiger partial charge in [-0.2, -0.15) is 0 Å². The molecule has 0 aromatic heterocycles. The highest BCUT2D eigenvalue weighted by atomic mass is 35.5. The molecule has 0 fully saturated rings. The van der Waals surface area contributed by atoms with E-state index < -0.39 is 17.9 Å². The highest BCUT2D eigenvalue weighted by molar-refractivity contribution is 6.32. The summed E-state index contributed by atoms with van der Waals surface area (Å²) in [4.78, 5) is 23.2. The highest BCUT2D eigenvalue weighted by Crippen LogP contribution is 2.23. The van der Waals surface area contributed by atoms with Crippen molar-refractivity contribution in [2.45, 2.75) is 12.5 Å². The molecule has 0 radical (unpaired) electrons. The third kappa shape index (κ3) is 5.00. The van der Waals surface area contributed by atoms with Crippen LogP contribution in [0.2, 0.25) is 5.02 Å². The van der Waals surface area contributed by atoms with Gasteiger partial charge in [-0.25, -0.2) is 4.79 Å². The largest absolute Gasteiger partial charge is 0.491 e. The van der Waals surface area contributed by atoms with Gasteiger partial charge in [0.1, 0.15) is 5.75 Å². The van der Waals surface area contributed by atoms with Crippen LogP contribution >= 0.6 is 11.6 Å². The monoisotopic (exact) mass is 333 g/mol. The van der Waals surface area contributed by atoms with Crippen molar-refractivity contribution in [2.75, 3.05) is 6.61 Å². The van der Waals surface area contributed by atoms with Crippen molar-refractivity contribution in [2.24, 2.45) is 0 Å². The molecule has 120 valence electrons. The van der Waals surface area contributed by atoms with Crippen LogP contribution < -0.4 is 10.1 Å². The van der Waals surface area contributed by atoms with Crippen molar-refractivity contribution in [3.8, 4) is 5.75 Å². The molecular weight excluding hydrogens is 318 g/mol. The molecule has 1 unspecified atom stereocenters. The van der Waals surface area contributed by atoms with Crippen LogP contribution in [0, 0.1) is 0 Å². The first kappa shape index (κ1) is 16.8. The van der Waals surface area contributed by atoms with E-state index in [-0.39, 0.29) is 13.0 Å². The smallest absolute Gasteiger partial charge is 0.330 e. The fraction of sp³-hybridized carbons (Fsp3) is 0.176. The molecule has 0 saturated heterocycles. The number of carboxylic acid groups (broad SMARTS) is 1. The fourth-order valence-corrected chi connectivity index (χ4v) is 2.17. The second kappa shape index (κ2) is 8.19. The van der Waals surface area contributed by atoms with E-state index in [0.29, 0.717) is 16.3 Å². The highest BCUT2D eigenvalue weighted by Gasteiger charge is 2.21. The fourth-order valence-electron chi connectivity index (χ4n) is 1.98. The van der Waals surface area contributed by atoms with Crippen LogP contribution in [0.4, 0.5) is 0 Å². The van der Waals surface area contributed by atoms with Gasteiger partial charge < -0.3 is 15.2 Å². The Morgan fingerprint density at radius 2 is 1.74 bits per heavy atom. The van der Waals surface area contributed by atoms with E-state index in [1.54, 1.807) is 54.6 Å². The van der Waals surface area contributed by atoms with E-state index >= 15 is 0 Å². The zero-order chi connectivity index (χ0) is 16.7. The van der Waals surface area contributed by atoms with Crippen LogP contribution in [0.5, 0.6) is 5.75 Å². The lowest BCUT2D eigenvalue weighted by atomic mass is 10.1. The van der Waals surface area contributed by atoms with Gasteiger partial charge in [0.25, 0.3) is 0 Å². The van der Waals surface area contributed by atoms with Crippen molar-refractivity contribution in [3.05, 3.63) is 65.2 Å². The van der Waals surface area contributed by atoms with Crippen molar-refractivity contribution < 1.29 is 19.4 Å². The number of rotatable bonds is 7. The van der Waals surface area contributed by atoms with Crippen molar-refractivity contribution in [3.63, 3.8) is 0 Å². The molecule has 0 heterocycles. The number of benzene rings is 2. The first-order chi connectivity index (χ1) is 11.1. The summed E-state index contributed by atoms with van der Waals surface area (Å²) in [6.45, 7) is 0.108. The summed E-state index contributed by atoms with van der Waals surface area (Å²) < 4.78 is 5.41. The van der Waals surface area contributed by atoms with Crippen LogP contribution in [0.3, 0.4) is 0 Å². The number of para-hydroxylation sites is 1. The summed E-state index contributed by atoms with van der Waals surface area (Å²) in [5.74, 6) is -1.04. The Kier molecular flexibility index (Phi) is 6.00. The zero-order valence-corrected chi connectivity index (χ0v) is 13.0. The van der Waals surface area contributed by atoms with Crippen LogP contribution in [-0.4, -0.2) is 23.6 Å². The summed E-state index contributed by atoms with van der Waals surface area (Å²) >= 11 is 5.94. The number of amides is 1. The molecule has 1 atom stereocenters. The maximum absolute atomic E-state index is 11.9. The lowest BCUT2D eigenvalue weighted by Crippen LogP contribution is -2.34. The molecule has 5 nitrogen and oxygen atoms in total. The lowest BCUT2D eigenvalue weighted by Gasteiger charge is -2.15. The van der Waals surface area contributed by atoms with Crippen molar-refractivity contribution >= 4 is 23.5 Å². The number of hydrogen-bond acceptors (Lipinski definition) is 3. The molecule has 23 heavy (non-hydrogen) atoms. The minimum Gasteiger partial charge on any atom is -0.491 e. The van der Waals surface area contributed by atoms with Gasteiger partial charge in [-0.3, -0.25) is 4.79 Å². The first-order valence-electron chi connectivity index (χ1n) is 7.02. The molecule has 6 heteroatoms. The molecule has 0 bridgehead atoms. The Morgan fingerprint density at radius 1 is 1.09 bits per heavy atom. The van der Waals surface area contributed by atoms with Gasteiger partial charge in [0.2, 0.25) is 5.91 Å². The Balaban J connectivity index is 1.88. The van der Waals surface area contributed by atoms with E-state index in [9.17, 15) is 14.7 Å². The summed E-state index contributed by atoms with van der Waals surface area (Å²) in [6, 6.07) is 14.4. The van der Waals surface area contributed by atoms with Crippen molar-refractivity contribution in [1.29, 1.82) is 0 Å². The zero-order valence-electron chi connectivity index (χ0n) is 12.2. The van der Waals surface area contributed by atoms with Crippen LogP contribution in [0.1, 0.15) is 18.0 Å². The number of hydrogen-bond donors (Lipinski definition) is 2. The second-order valence-electron chi connectivity index (χ2n) is 4.78. The predicted octanol–water partition coefficient (Wildman–Crippen LogP) is 3.05. The van der Waals surface area contributed by atoms with E-state index in [1.807, 2.05) is 0 Å². The van der Waals surface area contributed by atoms with Crippen molar-refractivity contribution in [1.82, 2.24) is 5.32 Å². The lowest BCUT2D eigenvalue weighted by molar-refractivity contribution is -0.142. The molecule has 0 aliphatic carbocycles. The van der Waals surface area contributed by atoms with Crippen LogP contribution in [0.25, 0.3) is 0 Å². The van der Waals surface area contributed by atoms with E-state index in [1.165, 1.54) is 0 Å². The molecule has 0 aliphatic rings. The molecule has 1 amide bonds.